The molecule has 1 aromatic heterocycles. The van der Waals surface area contributed by atoms with Crippen LogP contribution in [-0.2, 0) is 14.6 Å². The normalized spacial score (nSPS) is 16.5. The van der Waals surface area contributed by atoms with Gasteiger partial charge in [0.05, 0.1) is 17.4 Å². The van der Waals surface area contributed by atoms with Crippen molar-refractivity contribution in [1.29, 1.82) is 0 Å². The fraction of sp³-hybridized carbons (Fsp3) is 0.176. The van der Waals surface area contributed by atoms with E-state index in [1.165, 1.54) is 6.07 Å². The Kier molecular flexibility index (Phi) is 3.57. The maximum Gasteiger partial charge on any atom is 0.229 e. The highest BCUT2D eigenvalue weighted by atomic mass is 32.2. The van der Waals surface area contributed by atoms with Gasteiger partial charge in [0.1, 0.15) is 5.52 Å². The molecule has 6 nitrogen and oxygen atoms in total. The second-order valence-corrected chi connectivity index (χ2v) is 8.10. The molecule has 4 rings (SSSR count). The topological polar surface area (TPSA) is 89.3 Å². The van der Waals surface area contributed by atoms with Crippen molar-refractivity contribution in [2.75, 3.05) is 16.8 Å². The van der Waals surface area contributed by atoms with Crippen LogP contribution in [0.1, 0.15) is 0 Å². The summed E-state index contributed by atoms with van der Waals surface area (Å²) in [5.74, 6) is -1.19. The molecule has 0 atom stereocenters. The lowest BCUT2D eigenvalue weighted by Gasteiger charge is -2.24. The van der Waals surface area contributed by atoms with Gasteiger partial charge in [0.2, 0.25) is 11.8 Å². The van der Waals surface area contributed by atoms with Gasteiger partial charge in [-0.05, 0) is 36.4 Å². The van der Waals surface area contributed by atoms with Crippen molar-refractivity contribution in [3.63, 3.8) is 0 Å². The van der Waals surface area contributed by atoms with Gasteiger partial charge in [-0.3, -0.25) is 4.79 Å². The maximum atomic E-state index is 13.7. The standard InChI is InChI=1S/C17H13FN2O4S/c18-13-2-1-3-14-15(13)20-17(24-14)10-4-6-12(7-5-10)19-16(21)11-8-25(22,23)9-11/h1-7,11H,8-9H2,(H,19,21). The fourth-order valence-electron chi connectivity index (χ4n) is 2.69. The Bertz CT molecular complexity index is 1060. The van der Waals surface area contributed by atoms with Gasteiger partial charge < -0.3 is 9.73 Å². The fourth-order valence-corrected chi connectivity index (χ4v) is 4.13. The van der Waals surface area contributed by atoms with E-state index in [0.29, 0.717) is 16.8 Å². The van der Waals surface area contributed by atoms with Crippen molar-refractivity contribution >= 4 is 32.5 Å². The third kappa shape index (κ3) is 3.00. The van der Waals surface area contributed by atoms with E-state index in [4.69, 9.17) is 4.42 Å². The number of fused-ring (bicyclic) bond motifs is 1. The summed E-state index contributed by atoms with van der Waals surface area (Å²) in [6, 6.07) is 11.2. The summed E-state index contributed by atoms with van der Waals surface area (Å²) in [6.07, 6.45) is 0. The van der Waals surface area contributed by atoms with E-state index in [0.717, 1.165) is 0 Å². The van der Waals surface area contributed by atoms with Crippen LogP contribution < -0.4 is 5.32 Å². The molecule has 3 aromatic rings. The highest BCUT2D eigenvalue weighted by molar-refractivity contribution is 7.92. The quantitative estimate of drug-likeness (QED) is 0.775. The minimum atomic E-state index is -3.04. The number of sulfone groups is 1. The number of halogens is 1. The predicted molar refractivity (Wildman–Crippen MR) is 90.2 cm³/mol. The predicted octanol–water partition coefficient (Wildman–Crippen LogP) is 2.62. The first kappa shape index (κ1) is 15.8. The van der Waals surface area contributed by atoms with E-state index in [1.54, 1.807) is 36.4 Å². The molecule has 0 saturated carbocycles. The van der Waals surface area contributed by atoms with Gasteiger partial charge in [-0.25, -0.2) is 17.8 Å². The van der Waals surface area contributed by atoms with Gasteiger partial charge in [0.25, 0.3) is 0 Å². The van der Waals surface area contributed by atoms with E-state index >= 15 is 0 Å². The number of benzene rings is 2. The Morgan fingerprint density at radius 3 is 2.52 bits per heavy atom. The zero-order chi connectivity index (χ0) is 17.6. The molecule has 128 valence electrons. The summed E-state index contributed by atoms with van der Waals surface area (Å²) in [5, 5.41) is 2.68. The lowest BCUT2D eigenvalue weighted by molar-refractivity contribution is -0.119. The van der Waals surface area contributed by atoms with Crippen LogP contribution in [0.3, 0.4) is 0 Å². The Labute approximate surface area is 142 Å². The summed E-state index contributed by atoms with van der Waals surface area (Å²) in [4.78, 5) is 16.1. The van der Waals surface area contributed by atoms with Gasteiger partial charge >= 0.3 is 0 Å². The highest BCUT2D eigenvalue weighted by Gasteiger charge is 2.38. The summed E-state index contributed by atoms with van der Waals surface area (Å²) >= 11 is 0. The van der Waals surface area contributed by atoms with Gasteiger partial charge in [0, 0.05) is 11.3 Å². The number of hydrogen-bond acceptors (Lipinski definition) is 5. The first-order valence-electron chi connectivity index (χ1n) is 7.58. The Balaban J connectivity index is 1.51. The summed E-state index contributed by atoms with van der Waals surface area (Å²) in [5.41, 5.74) is 1.71. The second-order valence-electron chi connectivity index (χ2n) is 5.95. The smallest absolute Gasteiger partial charge is 0.229 e. The van der Waals surface area contributed by atoms with Crippen LogP contribution in [-0.4, -0.2) is 30.8 Å². The van der Waals surface area contributed by atoms with E-state index in [1.807, 2.05) is 0 Å². The second kappa shape index (κ2) is 5.66. The largest absolute Gasteiger partial charge is 0.436 e. The number of nitrogens with zero attached hydrogens (tertiary/aromatic N) is 1. The maximum absolute atomic E-state index is 13.7. The molecule has 0 unspecified atom stereocenters. The first-order valence-corrected chi connectivity index (χ1v) is 9.40. The number of aromatic nitrogens is 1. The minimum absolute atomic E-state index is 0.106. The lowest BCUT2D eigenvalue weighted by Crippen LogP contribution is -2.44. The number of amides is 1. The van der Waals surface area contributed by atoms with Crippen LogP contribution in [0.25, 0.3) is 22.6 Å². The molecule has 1 aliphatic heterocycles. The summed E-state index contributed by atoms with van der Waals surface area (Å²) in [7, 11) is -3.04. The third-order valence-electron chi connectivity index (χ3n) is 4.05. The van der Waals surface area contributed by atoms with Crippen LogP contribution in [0.5, 0.6) is 0 Å². The highest BCUT2D eigenvalue weighted by Crippen LogP contribution is 2.27. The van der Waals surface area contributed by atoms with Crippen LogP contribution in [0, 0.1) is 11.7 Å². The molecule has 2 heterocycles. The minimum Gasteiger partial charge on any atom is -0.436 e. The zero-order valence-corrected chi connectivity index (χ0v) is 13.7. The van der Waals surface area contributed by atoms with Crippen molar-refractivity contribution in [2.24, 2.45) is 5.92 Å². The average Bonchev–Trinajstić information content (AvgIpc) is 2.99. The van der Waals surface area contributed by atoms with Crippen LogP contribution >= 0.6 is 0 Å². The number of hydrogen-bond donors (Lipinski definition) is 1. The molecule has 1 N–H and O–H groups in total. The van der Waals surface area contributed by atoms with Crippen molar-refractivity contribution < 1.29 is 22.0 Å². The Hall–Kier alpha value is -2.74. The molecule has 8 heteroatoms. The SMILES string of the molecule is O=C(Nc1ccc(-c2nc3c(F)cccc3o2)cc1)C1CS(=O)(=O)C1. The van der Waals surface area contributed by atoms with Crippen molar-refractivity contribution in [3.8, 4) is 11.5 Å². The van der Waals surface area contributed by atoms with Crippen LogP contribution in [0.15, 0.2) is 46.9 Å². The number of rotatable bonds is 3. The van der Waals surface area contributed by atoms with Gasteiger partial charge in [-0.1, -0.05) is 6.07 Å². The van der Waals surface area contributed by atoms with E-state index in [9.17, 15) is 17.6 Å². The summed E-state index contributed by atoms with van der Waals surface area (Å²) in [6.45, 7) is 0. The monoisotopic (exact) mass is 360 g/mol. The van der Waals surface area contributed by atoms with E-state index in [-0.39, 0.29) is 28.8 Å². The average molecular weight is 360 g/mol. The molecule has 0 radical (unpaired) electrons. The van der Waals surface area contributed by atoms with E-state index in [2.05, 4.69) is 10.3 Å². The number of carbonyl (C=O) groups excluding carboxylic acids is 1. The zero-order valence-electron chi connectivity index (χ0n) is 12.9. The molecule has 0 aliphatic carbocycles. The van der Waals surface area contributed by atoms with Crippen molar-refractivity contribution in [3.05, 3.63) is 48.3 Å². The number of carbonyl (C=O) groups is 1. The van der Waals surface area contributed by atoms with Crippen LogP contribution in [0.2, 0.25) is 0 Å². The Morgan fingerprint density at radius 1 is 1.16 bits per heavy atom. The molecule has 0 bridgehead atoms. The Morgan fingerprint density at radius 2 is 1.88 bits per heavy atom. The molecule has 1 amide bonds. The molecular formula is C17H13FN2O4S. The molecule has 1 aliphatic rings. The first-order chi connectivity index (χ1) is 11.9. The lowest BCUT2D eigenvalue weighted by atomic mass is 10.1. The number of oxazole rings is 1. The van der Waals surface area contributed by atoms with Crippen LogP contribution in [0.4, 0.5) is 10.1 Å². The number of para-hydroxylation sites is 1. The van der Waals surface area contributed by atoms with Gasteiger partial charge in [-0.2, -0.15) is 0 Å². The van der Waals surface area contributed by atoms with E-state index < -0.39 is 21.6 Å². The summed E-state index contributed by atoms with van der Waals surface area (Å²) < 4.78 is 41.5. The number of nitrogens with one attached hydrogen (secondary N) is 1. The van der Waals surface area contributed by atoms with Crippen molar-refractivity contribution in [2.45, 2.75) is 0 Å². The molecule has 25 heavy (non-hydrogen) atoms. The number of anilines is 1. The molecule has 2 aromatic carbocycles. The molecule has 1 fully saturated rings. The molecule has 0 spiro atoms. The van der Waals surface area contributed by atoms with Crippen molar-refractivity contribution in [1.82, 2.24) is 4.98 Å². The molecular weight excluding hydrogens is 347 g/mol. The van der Waals surface area contributed by atoms with Gasteiger partial charge in [-0.15, -0.1) is 0 Å². The van der Waals surface area contributed by atoms with Gasteiger partial charge in [0.15, 0.2) is 21.2 Å². The molecule has 1 saturated heterocycles. The third-order valence-corrected chi connectivity index (χ3v) is 5.87.